The van der Waals surface area contributed by atoms with E-state index in [2.05, 4.69) is 14.7 Å². The number of hydrogen-bond acceptors (Lipinski definition) is 7. The van der Waals surface area contributed by atoms with Crippen LogP contribution in [0.15, 0.2) is 35.5 Å². The molecule has 0 aliphatic rings. The van der Waals surface area contributed by atoms with Crippen molar-refractivity contribution in [3.8, 4) is 17.5 Å². The first-order chi connectivity index (χ1) is 10.5. The topological polar surface area (TPSA) is 99.6 Å². The number of rotatable bonds is 6. The third-order valence-corrected chi connectivity index (χ3v) is 4.14. The maximum atomic E-state index is 12.4. The lowest BCUT2D eigenvalue weighted by molar-refractivity contribution is 0.380. The number of ether oxygens (including phenoxy) is 3. The summed E-state index contributed by atoms with van der Waals surface area (Å²) in [7, 11) is 0.427. The van der Waals surface area contributed by atoms with Crippen molar-refractivity contribution in [3.05, 3.63) is 30.6 Å². The van der Waals surface area contributed by atoms with E-state index >= 15 is 0 Å². The van der Waals surface area contributed by atoms with E-state index in [0.29, 0.717) is 5.75 Å². The maximum Gasteiger partial charge on any atom is 0.316 e. The van der Waals surface area contributed by atoms with Crippen LogP contribution >= 0.6 is 0 Å². The van der Waals surface area contributed by atoms with Gasteiger partial charge in [-0.25, -0.2) is 18.4 Å². The molecule has 0 fully saturated rings. The van der Waals surface area contributed by atoms with Crippen LogP contribution in [-0.4, -0.2) is 39.7 Å². The van der Waals surface area contributed by atoms with Crippen LogP contribution in [0.4, 0.5) is 5.69 Å². The summed E-state index contributed by atoms with van der Waals surface area (Å²) in [4.78, 5) is 7.65. The second kappa shape index (κ2) is 6.48. The molecule has 9 heteroatoms. The van der Waals surface area contributed by atoms with Gasteiger partial charge in [-0.15, -0.1) is 0 Å². The van der Waals surface area contributed by atoms with E-state index in [1.165, 1.54) is 51.9 Å². The molecule has 118 valence electrons. The molecule has 2 rings (SSSR count). The fraction of sp³-hybridized carbons (Fsp3) is 0.231. The number of aromatic nitrogens is 2. The van der Waals surface area contributed by atoms with Gasteiger partial charge in [-0.1, -0.05) is 0 Å². The monoisotopic (exact) mass is 325 g/mol. The van der Waals surface area contributed by atoms with Gasteiger partial charge in [0, 0.05) is 6.07 Å². The van der Waals surface area contributed by atoms with E-state index in [9.17, 15) is 8.42 Å². The number of sulfonamides is 1. The predicted molar refractivity (Wildman–Crippen MR) is 78.9 cm³/mol. The Labute approximate surface area is 128 Å². The molecule has 0 saturated carbocycles. The molecule has 0 unspecified atom stereocenters. The van der Waals surface area contributed by atoms with Gasteiger partial charge in [0.15, 0.2) is 0 Å². The molecule has 0 saturated heterocycles. The average Bonchev–Trinajstić information content (AvgIpc) is 2.54. The van der Waals surface area contributed by atoms with Crippen LogP contribution in [0.5, 0.6) is 17.5 Å². The second-order valence-electron chi connectivity index (χ2n) is 4.08. The predicted octanol–water partition coefficient (Wildman–Crippen LogP) is 1.30. The average molecular weight is 325 g/mol. The van der Waals surface area contributed by atoms with Crippen molar-refractivity contribution in [1.29, 1.82) is 0 Å². The third-order valence-electron chi connectivity index (χ3n) is 2.72. The molecule has 22 heavy (non-hydrogen) atoms. The van der Waals surface area contributed by atoms with Gasteiger partial charge in [0.05, 0.1) is 39.4 Å². The summed E-state index contributed by atoms with van der Waals surface area (Å²) in [5.41, 5.74) is 0.207. The number of nitrogens with zero attached hydrogens (tertiary/aromatic N) is 2. The summed E-state index contributed by atoms with van der Waals surface area (Å²) >= 11 is 0. The number of methoxy groups -OCH3 is 3. The van der Waals surface area contributed by atoms with Gasteiger partial charge in [-0.2, -0.15) is 0 Å². The Kier molecular flexibility index (Phi) is 4.66. The van der Waals surface area contributed by atoms with Crippen molar-refractivity contribution >= 4 is 15.7 Å². The molecule has 0 radical (unpaired) electrons. The Morgan fingerprint density at radius 2 is 1.68 bits per heavy atom. The van der Waals surface area contributed by atoms with Crippen molar-refractivity contribution in [2.45, 2.75) is 4.90 Å². The molecule has 0 amide bonds. The largest absolute Gasteiger partial charge is 0.497 e. The van der Waals surface area contributed by atoms with Crippen molar-refractivity contribution in [2.24, 2.45) is 0 Å². The molecule has 8 nitrogen and oxygen atoms in total. The molecule has 1 heterocycles. The van der Waals surface area contributed by atoms with Crippen LogP contribution in [0.3, 0.4) is 0 Å². The highest BCUT2D eigenvalue weighted by Crippen LogP contribution is 2.29. The van der Waals surface area contributed by atoms with Crippen molar-refractivity contribution < 1.29 is 22.6 Å². The van der Waals surface area contributed by atoms with E-state index in [-0.39, 0.29) is 22.3 Å². The van der Waals surface area contributed by atoms with E-state index < -0.39 is 10.0 Å². The summed E-state index contributed by atoms with van der Waals surface area (Å²) in [6, 6.07) is 4.55. The van der Waals surface area contributed by atoms with Gasteiger partial charge >= 0.3 is 6.01 Å². The zero-order valence-corrected chi connectivity index (χ0v) is 13.0. The Morgan fingerprint density at radius 1 is 1.00 bits per heavy atom. The lowest BCUT2D eigenvalue weighted by atomic mass is 10.3. The highest BCUT2D eigenvalue weighted by Gasteiger charge is 2.20. The van der Waals surface area contributed by atoms with Crippen molar-refractivity contribution in [1.82, 2.24) is 9.97 Å². The first-order valence-corrected chi connectivity index (χ1v) is 7.59. The minimum absolute atomic E-state index is 0.0216. The second-order valence-corrected chi connectivity index (χ2v) is 5.73. The Hall–Kier alpha value is -2.55. The summed E-state index contributed by atoms with van der Waals surface area (Å²) in [5.74, 6) is 0.657. The number of hydrogen-bond donors (Lipinski definition) is 1. The van der Waals surface area contributed by atoms with Crippen molar-refractivity contribution in [2.75, 3.05) is 26.1 Å². The van der Waals surface area contributed by atoms with E-state index in [1.807, 2.05) is 0 Å². The van der Waals surface area contributed by atoms with Crippen LogP contribution in [0, 0.1) is 0 Å². The summed E-state index contributed by atoms with van der Waals surface area (Å²) in [6.07, 6.45) is 2.61. The first-order valence-electron chi connectivity index (χ1n) is 6.11. The van der Waals surface area contributed by atoms with Gasteiger partial charge in [0.2, 0.25) is 0 Å². The van der Waals surface area contributed by atoms with Crippen LogP contribution in [-0.2, 0) is 10.0 Å². The molecule has 0 spiro atoms. The highest BCUT2D eigenvalue weighted by atomic mass is 32.2. The number of anilines is 1. The summed E-state index contributed by atoms with van der Waals surface area (Å²) in [5, 5.41) is 0. The minimum atomic E-state index is -3.85. The normalized spacial score (nSPS) is 10.9. The molecule has 1 aromatic carbocycles. The SMILES string of the molecule is COc1ccc(S(=O)(=O)Nc2cnc(OC)nc2)c(OC)c1. The molecular weight excluding hydrogens is 310 g/mol. The Bertz CT molecular complexity index is 747. The van der Waals surface area contributed by atoms with Gasteiger partial charge < -0.3 is 14.2 Å². The fourth-order valence-electron chi connectivity index (χ4n) is 1.68. The fourth-order valence-corrected chi connectivity index (χ4v) is 2.86. The van der Waals surface area contributed by atoms with Crippen molar-refractivity contribution in [3.63, 3.8) is 0 Å². The third kappa shape index (κ3) is 3.37. The Morgan fingerprint density at radius 3 is 2.23 bits per heavy atom. The van der Waals surface area contributed by atoms with Gasteiger partial charge in [-0.05, 0) is 12.1 Å². The lowest BCUT2D eigenvalue weighted by Crippen LogP contribution is -2.14. The maximum absolute atomic E-state index is 12.4. The molecule has 0 bridgehead atoms. The standard InChI is InChI=1S/C13H15N3O5S/c1-19-10-4-5-12(11(6-10)20-2)22(17,18)16-9-7-14-13(21-3)15-8-9/h4-8,16H,1-3H3. The smallest absolute Gasteiger partial charge is 0.316 e. The van der Waals surface area contributed by atoms with Gasteiger partial charge in [0.1, 0.15) is 16.4 Å². The van der Waals surface area contributed by atoms with Crippen LogP contribution < -0.4 is 18.9 Å². The zero-order chi connectivity index (χ0) is 16.2. The molecule has 2 aromatic rings. The molecule has 0 aliphatic heterocycles. The highest BCUT2D eigenvalue weighted by molar-refractivity contribution is 7.92. The summed E-state index contributed by atoms with van der Waals surface area (Å²) in [6.45, 7) is 0. The molecule has 1 aromatic heterocycles. The summed E-state index contributed by atoms with van der Waals surface area (Å²) < 4.78 is 42.2. The number of benzene rings is 1. The van der Waals surface area contributed by atoms with E-state index in [0.717, 1.165) is 0 Å². The van der Waals surface area contributed by atoms with Crippen LogP contribution in [0.2, 0.25) is 0 Å². The molecule has 0 atom stereocenters. The van der Waals surface area contributed by atoms with Crippen LogP contribution in [0.1, 0.15) is 0 Å². The van der Waals surface area contributed by atoms with Gasteiger partial charge in [-0.3, -0.25) is 4.72 Å². The lowest BCUT2D eigenvalue weighted by Gasteiger charge is -2.12. The van der Waals surface area contributed by atoms with Crippen LogP contribution in [0.25, 0.3) is 0 Å². The molecule has 1 N–H and O–H groups in total. The quantitative estimate of drug-likeness (QED) is 0.854. The zero-order valence-electron chi connectivity index (χ0n) is 12.2. The molecular formula is C13H15N3O5S. The van der Waals surface area contributed by atoms with Gasteiger partial charge in [0.25, 0.3) is 10.0 Å². The van der Waals surface area contributed by atoms with E-state index in [4.69, 9.17) is 14.2 Å². The van der Waals surface area contributed by atoms with E-state index in [1.54, 1.807) is 0 Å². The minimum Gasteiger partial charge on any atom is -0.497 e. The Balaban J connectivity index is 2.33. The number of nitrogens with one attached hydrogen (secondary N) is 1. The first kappa shape index (κ1) is 15.8. The molecule has 0 aliphatic carbocycles.